The monoisotopic (exact) mass is 276 g/mol. The molecule has 0 saturated carbocycles. The molecule has 0 fully saturated rings. The summed E-state index contributed by atoms with van der Waals surface area (Å²) in [5.74, 6) is 0.1000. The first-order valence-corrected chi connectivity index (χ1v) is 7.00. The third-order valence-electron chi connectivity index (χ3n) is 3.43. The first-order valence-electron chi connectivity index (χ1n) is 7.00. The number of ether oxygens (including phenoxy) is 1. The van der Waals surface area contributed by atoms with Crippen LogP contribution in [0.5, 0.6) is 0 Å². The van der Waals surface area contributed by atoms with E-state index in [-0.39, 0.29) is 11.9 Å². The van der Waals surface area contributed by atoms with Crippen molar-refractivity contribution < 1.29 is 9.53 Å². The average molecular weight is 276 g/mol. The van der Waals surface area contributed by atoms with Gasteiger partial charge in [0.1, 0.15) is 6.10 Å². The lowest BCUT2D eigenvalue weighted by molar-refractivity contribution is -0.117. The zero-order chi connectivity index (χ0) is 14.5. The average Bonchev–Trinajstić information content (AvgIpc) is 2.54. The lowest BCUT2D eigenvalue weighted by Gasteiger charge is -2.17. The normalized spacial score (nSPS) is 17.1. The predicted molar refractivity (Wildman–Crippen MR) is 83.6 cm³/mol. The highest BCUT2D eigenvalue weighted by Gasteiger charge is 2.16. The number of benzene rings is 2. The minimum atomic E-state index is -0.210. The maximum Gasteiger partial charge on any atom is 0.162 e. The number of carbonyl (C=O) groups excluding carboxylic acids is 1. The van der Waals surface area contributed by atoms with E-state index in [0.29, 0.717) is 6.42 Å². The zero-order valence-corrected chi connectivity index (χ0v) is 11.6. The van der Waals surface area contributed by atoms with Crippen molar-refractivity contribution in [1.29, 1.82) is 0 Å². The highest BCUT2D eigenvalue weighted by molar-refractivity contribution is 5.91. The molecule has 1 aliphatic heterocycles. The van der Waals surface area contributed by atoms with Crippen LogP contribution < -0.4 is 0 Å². The Hall–Kier alpha value is -2.61. The highest BCUT2D eigenvalue weighted by Crippen LogP contribution is 2.25. The summed E-state index contributed by atoms with van der Waals surface area (Å²) in [6.07, 6.45) is 5.18. The van der Waals surface area contributed by atoms with Gasteiger partial charge in [-0.3, -0.25) is 4.79 Å². The lowest BCUT2D eigenvalue weighted by Crippen LogP contribution is -2.16. The van der Waals surface area contributed by atoms with E-state index in [1.807, 2.05) is 42.5 Å². The van der Waals surface area contributed by atoms with Gasteiger partial charge in [0.15, 0.2) is 5.78 Å². The van der Waals surface area contributed by atoms with Gasteiger partial charge in [0.25, 0.3) is 0 Å². The largest absolute Gasteiger partial charge is 0.493 e. The summed E-state index contributed by atoms with van der Waals surface area (Å²) in [4.78, 5) is 11.5. The molecule has 0 spiro atoms. The maximum atomic E-state index is 11.5. The molecule has 21 heavy (non-hydrogen) atoms. The molecule has 1 atom stereocenters. The number of rotatable bonds is 3. The van der Waals surface area contributed by atoms with Crippen LogP contribution in [0.1, 0.15) is 17.5 Å². The van der Waals surface area contributed by atoms with E-state index in [2.05, 4.69) is 24.3 Å². The van der Waals surface area contributed by atoms with E-state index in [1.54, 1.807) is 0 Å². The van der Waals surface area contributed by atoms with Crippen LogP contribution in [0.3, 0.4) is 0 Å². The number of ketones is 1. The molecular weight excluding hydrogens is 260 g/mol. The Kier molecular flexibility index (Phi) is 3.97. The Bertz CT molecular complexity index is 628. The summed E-state index contributed by atoms with van der Waals surface area (Å²) in [7, 11) is 0. The topological polar surface area (TPSA) is 26.3 Å². The van der Waals surface area contributed by atoms with Crippen LogP contribution in [0.15, 0.2) is 79.1 Å². The Balaban J connectivity index is 2.01. The fraction of sp³-hybridized carbons (Fsp3) is 0.105. The van der Waals surface area contributed by atoms with Gasteiger partial charge < -0.3 is 4.74 Å². The van der Waals surface area contributed by atoms with E-state index in [9.17, 15) is 4.79 Å². The van der Waals surface area contributed by atoms with Crippen molar-refractivity contribution in [2.45, 2.75) is 12.5 Å². The SMILES string of the molecule is O=C1C=CO[C@@H](C=C(c2ccccc2)c2ccccc2)C1. The molecular formula is C19H16O2. The van der Waals surface area contributed by atoms with Crippen molar-refractivity contribution in [3.63, 3.8) is 0 Å². The molecule has 2 aromatic rings. The van der Waals surface area contributed by atoms with Crippen LogP contribution in [-0.4, -0.2) is 11.9 Å². The third kappa shape index (κ3) is 3.29. The summed E-state index contributed by atoms with van der Waals surface area (Å²) < 4.78 is 5.54. The van der Waals surface area contributed by atoms with Crippen LogP contribution in [0.4, 0.5) is 0 Å². The summed E-state index contributed by atoms with van der Waals surface area (Å²) in [5, 5.41) is 0. The van der Waals surface area contributed by atoms with Gasteiger partial charge in [0, 0.05) is 6.08 Å². The molecule has 0 radical (unpaired) electrons. The van der Waals surface area contributed by atoms with E-state index in [0.717, 1.165) is 16.7 Å². The first kappa shape index (κ1) is 13.4. The van der Waals surface area contributed by atoms with Gasteiger partial charge in [0.05, 0.1) is 12.7 Å². The lowest BCUT2D eigenvalue weighted by atomic mass is 9.95. The number of hydrogen-bond donors (Lipinski definition) is 0. The van der Waals surface area contributed by atoms with Crippen molar-refractivity contribution in [2.75, 3.05) is 0 Å². The second-order valence-corrected chi connectivity index (χ2v) is 4.96. The second-order valence-electron chi connectivity index (χ2n) is 4.96. The molecule has 0 saturated heterocycles. The molecule has 0 bridgehead atoms. The van der Waals surface area contributed by atoms with Crippen LogP contribution in [0, 0.1) is 0 Å². The molecule has 0 unspecified atom stereocenters. The van der Waals surface area contributed by atoms with Gasteiger partial charge in [-0.15, -0.1) is 0 Å². The molecule has 0 aromatic heterocycles. The van der Waals surface area contributed by atoms with Crippen LogP contribution in [0.2, 0.25) is 0 Å². The summed E-state index contributed by atoms with van der Waals surface area (Å²) in [6.45, 7) is 0. The van der Waals surface area contributed by atoms with Crippen molar-refractivity contribution >= 4 is 11.4 Å². The minimum absolute atomic E-state index is 0.1000. The van der Waals surface area contributed by atoms with E-state index in [4.69, 9.17) is 4.74 Å². The van der Waals surface area contributed by atoms with Crippen molar-refractivity contribution in [3.8, 4) is 0 Å². The molecule has 3 rings (SSSR count). The fourth-order valence-corrected chi connectivity index (χ4v) is 2.41. The van der Waals surface area contributed by atoms with Crippen molar-refractivity contribution in [2.24, 2.45) is 0 Å². The molecule has 1 heterocycles. The predicted octanol–water partition coefficient (Wildman–Crippen LogP) is 3.99. The number of allylic oxidation sites excluding steroid dienone is 1. The first-order chi connectivity index (χ1) is 10.3. The van der Waals surface area contributed by atoms with Gasteiger partial charge in [0.2, 0.25) is 0 Å². The quantitative estimate of drug-likeness (QED) is 0.847. The van der Waals surface area contributed by atoms with Crippen molar-refractivity contribution in [1.82, 2.24) is 0 Å². The van der Waals surface area contributed by atoms with Gasteiger partial charge >= 0.3 is 0 Å². The smallest absolute Gasteiger partial charge is 0.162 e. The maximum absolute atomic E-state index is 11.5. The molecule has 1 aliphatic rings. The Labute approximate surface area is 124 Å². The van der Waals surface area contributed by atoms with Gasteiger partial charge in [-0.1, -0.05) is 60.7 Å². The molecule has 0 N–H and O–H groups in total. The molecule has 2 nitrogen and oxygen atoms in total. The van der Waals surface area contributed by atoms with Crippen molar-refractivity contribution in [3.05, 3.63) is 90.2 Å². The third-order valence-corrected chi connectivity index (χ3v) is 3.43. The van der Waals surface area contributed by atoms with Gasteiger partial charge in [-0.2, -0.15) is 0 Å². The Morgan fingerprint density at radius 1 is 0.952 bits per heavy atom. The Morgan fingerprint density at radius 3 is 2.05 bits per heavy atom. The van der Waals surface area contributed by atoms with E-state index >= 15 is 0 Å². The van der Waals surface area contributed by atoms with Gasteiger partial charge in [-0.25, -0.2) is 0 Å². The minimum Gasteiger partial charge on any atom is -0.493 e. The standard InChI is InChI=1S/C19H16O2/c20-17-11-12-21-18(13-17)14-19(15-7-3-1-4-8-15)16-9-5-2-6-10-16/h1-12,14,18H,13H2/t18-/m1/s1. The molecule has 2 aromatic carbocycles. The summed E-state index contributed by atoms with van der Waals surface area (Å²) >= 11 is 0. The second kappa shape index (κ2) is 6.23. The summed E-state index contributed by atoms with van der Waals surface area (Å²) in [6, 6.07) is 20.3. The number of carbonyl (C=O) groups is 1. The van der Waals surface area contributed by atoms with E-state index < -0.39 is 0 Å². The summed E-state index contributed by atoms with van der Waals surface area (Å²) in [5.41, 5.74) is 3.33. The van der Waals surface area contributed by atoms with E-state index in [1.165, 1.54) is 12.3 Å². The van der Waals surface area contributed by atoms with Crippen LogP contribution in [0.25, 0.3) is 5.57 Å². The molecule has 0 aliphatic carbocycles. The number of hydrogen-bond acceptors (Lipinski definition) is 2. The molecule has 104 valence electrons. The molecule has 2 heteroatoms. The molecule has 0 amide bonds. The van der Waals surface area contributed by atoms with Crippen LogP contribution in [-0.2, 0) is 9.53 Å². The highest BCUT2D eigenvalue weighted by atomic mass is 16.5. The van der Waals surface area contributed by atoms with Crippen LogP contribution >= 0.6 is 0 Å². The Morgan fingerprint density at radius 2 is 1.52 bits per heavy atom. The fourth-order valence-electron chi connectivity index (χ4n) is 2.41. The zero-order valence-electron chi connectivity index (χ0n) is 11.6. The van der Waals surface area contributed by atoms with Gasteiger partial charge in [-0.05, 0) is 22.8 Å².